The molecule has 1 N–H and O–H groups in total. The normalized spacial score (nSPS) is 19.4. The predicted molar refractivity (Wildman–Crippen MR) is 102 cm³/mol. The van der Waals surface area contributed by atoms with Crippen molar-refractivity contribution in [3.8, 4) is 0 Å². The number of H-pyrrole nitrogens is 1. The molecule has 1 aliphatic heterocycles. The molecule has 0 saturated carbocycles. The van der Waals surface area contributed by atoms with E-state index in [9.17, 15) is 9.59 Å². The fourth-order valence-corrected chi connectivity index (χ4v) is 4.13. The summed E-state index contributed by atoms with van der Waals surface area (Å²) in [5, 5.41) is 1.11. The summed E-state index contributed by atoms with van der Waals surface area (Å²) < 4.78 is 5.01. The number of fused-ring (bicyclic) bond motifs is 3. The molecule has 1 aromatic heterocycles. The number of ether oxygens (including phenoxy) is 1. The molecule has 0 fully saturated rings. The van der Waals surface area contributed by atoms with Crippen molar-refractivity contribution in [1.82, 2.24) is 9.88 Å². The highest BCUT2D eigenvalue weighted by molar-refractivity contribution is 6.27. The van der Waals surface area contributed by atoms with Crippen LogP contribution in [0.15, 0.2) is 24.3 Å². The number of methoxy groups -OCH3 is 1. The number of amides is 1. The molecule has 1 aliphatic rings. The molecule has 0 bridgehead atoms. The molecule has 2 unspecified atom stereocenters. The SMILES string of the molecule is CCCCCC1c2[nH]c3ccccc3c2CC(C(=O)OC)N1C(=O)CCl. The number of esters is 1. The van der Waals surface area contributed by atoms with Gasteiger partial charge in [0.15, 0.2) is 0 Å². The summed E-state index contributed by atoms with van der Waals surface area (Å²) in [5.74, 6) is -0.763. The van der Waals surface area contributed by atoms with Crippen LogP contribution in [0.3, 0.4) is 0 Å². The lowest BCUT2D eigenvalue weighted by atomic mass is 9.89. The van der Waals surface area contributed by atoms with Crippen molar-refractivity contribution >= 4 is 34.4 Å². The van der Waals surface area contributed by atoms with Gasteiger partial charge >= 0.3 is 5.97 Å². The van der Waals surface area contributed by atoms with Gasteiger partial charge in [-0.25, -0.2) is 4.79 Å². The Bertz CT molecular complexity index is 801. The molecule has 0 aliphatic carbocycles. The number of hydrogen-bond acceptors (Lipinski definition) is 3. The minimum atomic E-state index is -0.635. The van der Waals surface area contributed by atoms with Crippen molar-refractivity contribution in [3.63, 3.8) is 0 Å². The van der Waals surface area contributed by atoms with Crippen LogP contribution in [0.1, 0.15) is 49.9 Å². The highest BCUT2D eigenvalue weighted by atomic mass is 35.5. The van der Waals surface area contributed by atoms with Crippen LogP contribution in [0.2, 0.25) is 0 Å². The number of nitrogens with zero attached hydrogens (tertiary/aromatic N) is 1. The molecular weight excluding hydrogens is 352 g/mol. The third kappa shape index (κ3) is 3.32. The van der Waals surface area contributed by atoms with Crippen LogP contribution < -0.4 is 0 Å². The van der Waals surface area contributed by atoms with Crippen LogP contribution in [0.4, 0.5) is 0 Å². The summed E-state index contributed by atoms with van der Waals surface area (Å²) >= 11 is 5.88. The number of aromatic amines is 1. The van der Waals surface area contributed by atoms with Gasteiger partial charge in [0.25, 0.3) is 0 Å². The highest BCUT2D eigenvalue weighted by Gasteiger charge is 2.42. The molecule has 6 heteroatoms. The second-order valence-electron chi connectivity index (χ2n) is 6.75. The molecule has 1 amide bonds. The number of carbonyl (C=O) groups is 2. The fraction of sp³-hybridized carbons (Fsp3) is 0.500. The molecular formula is C20H25ClN2O3. The number of benzene rings is 1. The molecule has 3 rings (SSSR count). The van der Waals surface area contributed by atoms with E-state index in [1.54, 1.807) is 4.90 Å². The van der Waals surface area contributed by atoms with E-state index in [0.29, 0.717) is 6.42 Å². The van der Waals surface area contributed by atoms with Crippen molar-refractivity contribution in [2.24, 2.45) is 0 Å². The molecule has 1 aromatic carbocycles. The predicted octanol–water partition coefficient (Wildman–Crippen LogP) is 3.95. The quantitative estimate of drug-likeness (QED) is 0.471. The average Bonchev–Trinajstić information content (AvgIpc) is 3.05. The fourth-order valence-electron chi connectivity index (χ4n) is 3.99. The summed E-state index contributed by atoms with van der Waals surface area (Å²) in [5.41, 5.74) is 3.17. The van der Waals surface area contributed by atoms with Crippen molar-refractivity contribution in [2.45, 2.75) is 51.1 Å². The van der Waals surface area contributed by atoms with E-state index in [4.69, 9.17) is 16.3 Å². The summed E-state index contributed by atoms with van der Waals surface area (Å²) in [6.07, 6.45) is 4.40. The molecule has 5 nitrogen and oxygen atoms in total. The smallest absolute Gasteiger partial charge is 0.328 e. The Morgan fingerprint density at radius 1 is 1.31 bits per heavy atom. The van der Waals surface area contributed by atoms with E-state index in [-0.39, 0.29) is 23.8 Å². The van der Waals surface area contributed by atoms with E-state index in [0.717, 1.165) is 47.8 Å². The topological polar surface area (TPSA) is 62.4 Å². The van der Waals surface area contributed by atoms with Gasteiger partial charge in [-0.05, 0) is 18.1 Å². The number of nitrogens with one attached hydrogen (secondary N) is 1. The summed E-state index contributed by atoms with van der Waals surface area (Å²) in [7, 11) is 1.36. The van der Waals surface area contributed by atoms with Gasteiger partial charge in [0.2, 0.25) is 5.91 Å². The van der Waals surface area contributed by atoms with Crippen molar-refractivity contribution in [2.75, 3.05) is 13.0 Å². The van der Waals surface area contributed by atoms with Gasteiger partial charge in [0.1, 0.15) is 11.9 Å². The zero-order valence-corrected chi connectivity index (χ0v) is 16.0. The summed E-state index contributed by atoms with van der Waals surface area (Å²) in [6, 6.07) is 7.23. The van der Waals surface area contributed by atoms with Crippen molar-refractivity contribution in [1.29, 1.82) is 0 Å². The van der Waals surface area contributed by atoms with Crippen LogP contribution in [-0.4, -0.2) is 40.8 Å². The Kier molecular flexibility index (Phi) is 5.87. The van der Waals surface area contributed by atoms with Crippen LogP contribution in [0, 0.1) is 0 Å². The molecule has 2 atom stereocenters. The second-order valence-corrected chi connectivity index (χ2v) is 7.02. The standard InChI is InChI=1S/C20H25ClN2O3/c1-3-4-5-10-16-19-14(13-8-6-7-9-15(13)22-19)11-17(20(25)26-2)23(16)18(24)12-21/h6-9,16-17,22H,3-5,10-12H2,1-2H3. The van der Waals surface area contributed by atoms with Crippen LogP contribution in [-0.2, 0) is 20.7 Å². The van der Waals surface area contributed by atoms with Gasteiger partial charge < -0.3 is 14.6 Å². The Morgan fingerprint density at radius 2 is 2.08 bits per heavy atom. The van der Waals surface area contributed by atoms with Gasteiger partial charge in [-0.1, -0.05) is 44.4 Å². The van der Waals surface area contributed by atoms with Gasteiger partial charge in [-0.3, -0.25) is 4.79 Å². The minimum Gasteiger partial charge on any atom is -0.467 e. The lowest BCUT2D eigenvalue weighted by Crippen LogP contribution is -2.52. The molecule has 140 valence electrons. The van der Waals surface area contributed by atoms with Crippen LogP contribution >= 0.6 is 11.6 Å². The Morgan fingerprint density at radius 3 is 2.77 bits per heavy atom. The maximum Gasteiger partial charge on any atom is 0.328 e. The van der Waals surface area contributed by atoms with E-state index in [1.807, 2.05) is 18.2 Å². The number of halogens is 1. The highest BCUT2D eigenvalue weighted by Crippen LogP contribution is 2.40. The number of rotatable bonds is 6. The first-order chi connectivity index (χ1) is 12.6. The summed E-state index contributed by atoms with van der Waals surface area (Å²) in [4.78, 5) is 30.2. The zero-order chi connectivity index (χ0) is 18.7. The van der Waals surface area contributed by atoms with Crippen molar-refractivity contribution in [3.05, 3.63) is 35.5 Å². The minimum absolute atomic E-state index is 0.146. The Labute approximate surface area is 158 Å². The second kappa shape index (κ2) is 8.12. The molecule has 26 heavy (non-hydrogen) atoms. The van der Waals surface area contributed by atoms with E-state index in [2.05, 4.69) is 18.0 Å². The molecule has 2 aromatic rings. The van der Waals surface area contributed by atoms with E-state index < -0.39 is 6.04 Å². The maximum absolute atomic E-state index is 12.6. The third-order valence-corrected chi connectivity index (χ3v) is 5.43. The molecule has 2 heterocycles. The summed E-state index contributed by atoms with van der Waals surface area (Å²) in [6.45, 7) is 2.15. The van der Waals surface area contributed by atoms with Crippen LogP contribution in [0.5, 0.6) is 0 Å². The number of hydrogen-bond donors (Lipinski definition) is 1. The first-order valence-electron chi connectivity index (χ1n) is 9.16. The maximum atomic E-state index is 12.6. The van der Waals surface area contributed by atoms with Gasteiger partial charge in [-0.15, -0.1) is 11.6 Å². The Balaban J connectivity index is 2.11. The van der Waals surface area contributed by atoms with Gasteiger partial charge in [0.05, 0.1) is 13.2 Å². The third-order valence-electron chi connectivity index (χ3n) is 5.21. The van der Waals surface area contributed by atoms with Gasteiger partial charge in [-0.2, -0.15) is 0 Å². The number of aromatic nitrogens is 1. The average molecular weight is 377 g/mol. The Hall–Kier alpha value is -2.01. The molecule has 0 spiro atoms. The molecule has 0 radical (unpaired) electrons. The van der Waals surface area contributed by atoms with E-state index in [1.165, 1.54) is 7.11 Å². The zero-order valence-electron chi connectivity index (χ0n) is 15.3. The number of unbranched alkanes of at least 4 members (excludes halogenated alkanes) is 2. The lowest BCUT2D eigenvalue weighted by molar-refractivity contribution is -0.155. The van der Waals surface area contributed by atoms with Crippen molar-refractivity contribution < 1.29 is 14.3 Å². The number of carbonyl (C=O) groups excluding carboxylic acids is 2. The lowest BCUT2D eigenvalue weighted by Gasteiger charge is -2.40. The first kappa shape index (κ1) is 18.8. The van der Waals surface area contributed by atoms with Gasteiger partial charge in [0, 0.05) is 23.0 Å². The van der Waals surface area contributed by atoms with Crippen LogP contribution in [0.25, 0.3) is 10.9 Å². The van der Waals surface area contributed by atoms with E-state index >= 15 is 0 Å². The molecule has 0 saturated heterocycles. The number of para-hydroxylation sites is 1. The number of alkyl halides is 1. The first-order valence-corrected chi connectivity index (χ1v) is 9.70. The monoisotopic (exact) mass is 376 g/mol. The largest absolute Gasteiger partial charge is 0.467 e.